The van der Waals surface area contributed by atoms with Gasteiger partial charge in [-0.25, -0.2) is 0 Å². The lowest BCUT2D eigenvalue weighted by atomic mass is 10.1. The van der Waals surface area contributed by atoms with Crippen LogP contribution in [0.25, 0.3) is 0 Å². The molecule has 1 aromatic heterocycles. The molecule has 0 aromatic carbocycles. The molecular weight excluding hydrogens is 291 g/mol. The maximum Gasteiger partial charge on any atom is 0.123 e. The van der Waals surface area contributed by atoms with Crippen LogP contribution in [0, 0.1) is 10.6 Å². The van der Waals surface area contributed by atoms with Gasteiger partial charge in [-0.05, 0) is 54.8 Å². The summed E-state index contributed by atoms with van der Waals surface area (Å²) in [6, 6.07) is 2.10. The highest BCUT2D eigenvalue weighted by Gasteiger charge is 2.15. The summed E-state index contributed by atoms with van der Waals surface area (Å²) in [7, 11) is 0. The van der Waals surface area contributed by atoms with Crippen LogP contribution in [0.5, 0.6) is 0 Å². The Labute approximate surface area is 98.0 Å². The van der Waals surface area contributed by atoms with Gasteiger partial charge in [-0.2, -0.15) is 5.10 Å². The Balaban J connectivity index is 1.98. The monoisotopic (exact) mass is 306 g/mol. The highest BCUT2D eigenvalue weighted by atomic mass is 127. The fourth-order valence-corrected chi connectivity index (χ4v) is 2.51. The smallest absolute Gasteiger partial charge is 0.123 e. The van der Waals surface area contributed by atoms with Crippen molar-refractivity contribution in [3.05, 3.63) is 15.5 Å². The lowest BCUT2D eigenvalue weighted by Crippen LogP contribution is -2.25. The third-order valence-electron chi connectivity index (χ3n) is 2.60. The van der Waals surface area contributed by atoms with E-state index < -0.39 is 0 Å². The van der Waals surface area contributed by atoms with Crippen LogP contribution in [0.4, 0.5) is 0 Å². The standard InChI is InChI=1S/C10H15IN2O/c1-8-6-10(11)12-13(8)7-9-4-2-3-5-14-9/h6,9H,2-5,7H2,1H3. The van der Waals surface area contributed by atoms with Crippen LogP contribution < -0.4 is 0 Å². The van der Waals surface area contributed by atoms with Crippen LogP contribution in [-0.2, 0) is 11.3 Å². The fourth-order valence-electron chi connectivity index (χ4n) is 1.80. The van der Waals surface area contributed by atoms with Gasteiger partial charge in [-0.15, -0.1) is 0 Å². The number of hydrogen-bond acceptors (Lipinski definition) is 2. The molecule has 1 aliphatic rings. The zero-order valence-corrected chi connectivity index (χ0v) is 10.5. The zero-order valence-electron chi connectivity index (χ0n) is 8.37. The largest absolute Gasteiger partial charge is 0.376 e. The predicted molar refractivity (Wildman–Crippen MR) is 63.3 cm³/mol. The van der Waals surface area contributed by atoms with Crippen molar-refractivity contribution in [2.24, 2.45) is 0 Å². The van der Waals surface area contributed by atoms with Crippen LogP contribution >= 0.6 is 22.6 Å². The average Bonchev–Trinajstić information content (AvgIpc) is 2.47. The van der Waals surface area contributed by atoms with E-state index >= 15 is 0 Å². The van der Waals surface area contributed by atoms with Crippen LogP contribution in [0.2, 0.25) is 0 Å². The van der Waals surface area contributed by atoms with E-state index in [1.165, 1.54) is 25.0 Å². The first kappa shape index (κ1) is 10.4. The van der Waals surface area contributed by atoms with Gasteiger partial charge in [0.1, 0.15) is 3.70 Å². The second-order valence-corrected chi connectivity index (χ2v) is 4.88. The highest BCUT2D eigenvalue weighted by Crippen LogP contribution is 2.15. The molecule has 1 atom stereocenters. The summed E-state index contributed by atoms with van der Waals surface area (Å²) < 4.78 is 8.80. The zero-order chi connectivity index (χ0) is 9.97. The molecule has 78 valence electrons. The number of hydrogen-bond donors (Lipinski definition) is 0. The van der Waals surface area contributed by atoms with Gasteiger partial charge in [0.05, 0.1) is 12.6 Å². The summed E-state index contributed by atoms with van der Waals surface area (Å²) in [5, 5.41) is 4.43. The van der Waals surface area contributed by atoms with Crippen LogP contribution in [0.1, 0.15) is 25.0 Å². The summed E-state index contributed by atoms with van der Waals surface area (Å²) in [5.74, 6) is 0. The average molecular weight is 306 g/mol. The molecule has 2 rings (SSSR count). The van der Waals surface area contributed by atoms with E-state index in [1.807, 2.05) is 0 Å². The molecule has 0 aliphatic carbocycles. The first-order valence-electron chi connectivity index (χ1n) is 5.07. The van der Waals surface area contributed by atoms with Crippen molar-refractivity contribution in [1.29, 1.82) is 0 Å². The molecule has 0 radical (unpaired) electrons. The van der Waals surface area contributed by atoms with Gasteiger partial charge in [0.25, 0.3) is 0 Å². The van der Waals surface area contributed by atoms with Crippen molar-refractivity contribution >= 4 is 22.6 Å². The van der Waals surface area contributed by atoms with Crippen molar-refractivity contribution in [3.63, 3.8) is 0 Å². The lowest BCUT2D eigenvalue weighted by molar-refractivity contribution is 0.00360. The van der Waals surface area contributed by atoms with E-state index in [0.29, 0.717) is 6.10 Å². The summed E-state index contributed by atoms with van der Waals surface area (Å²) in [5.41, 5.74) is 1.23. The molecule has 0 amide bonds. The van der Waals surface area contributed by atoms with Gasteiger partial charge in [0.15, 0.2) is 0 Å². The molecule has 14 heavy (non-hydrogen) atoms. The van der Waals surface area contributed by atoms with E-state index in [0.717, 1.165) is 16.9 Å². The van der Waals surface area contributed by atoms with E-state index in [-0.39, 0.29) is 0 Å². The minimum absolute atomic E-state index is 0.373. The molecule has 1 aliphatic heterocycles. The lowest BCUT2D eigenvalue weighted by Gasteiger charge is -2.22. The Kier molecular flexibility index (Phi) is 3.43. The third kappa shape index (κ3) is 2.48. The SMILES string of the molecule is Cc1cc(I)nn1CC1CCCCO1. The minimum Gasteiger partial charge on any atom is -0.376 e. The Morgan fingerprint density at radius 1 is 1.64 bits per heavy atom. The van der Waals surface area contributed by atoms with Gasteiger partial charge < -0.3 is 4.74 Å². The van der Waals surface area contributed by atoms with Gasteiger partial charge in [-0.3, -0.25) is 4.68 Å². The Morgan fingerprint density at radius 3 is 3.07 bits per heavy atom. The summed E-state index contributed by atoms with van der Waals surface area (Å²) >= 11 is 2.25. The Bertz CT molecular complexity index is 305. The molecule has 0 spiro atoms. The quantitative estimate of drug-likeness (QED) is 0.784. The summed E-state index contributed by atoms with van der Waals surface area (Å²) in [6.07, 6.45) is 4.06. The van der Waals surface area contributed by atoms with Crippen molar-refractivity contribution < 1.29 is 4.74 Å². The number of aryl methyl sites for hydroxylation is 1. The number of halogens is 1. The summed E-state index contributed by atoms with van der Waals surface area (Å²) in [4.78, 5) is 0. The molecule has 1 fully saturated rings. The van der Waals surface area contributed by atoms with Crippen LogP contribution in [0.3, 0.4) is 0 Å². The van der Waals surface area contributed by atoms with Crippen LogP contribution in [0.15, 0.2) is 6.07 Å². The molecule has 1 saturated heterocycles. The summed E-state index contributed by atoms with van der Waals surface area (Å²) in [6.45, 7) is 3.93. The molecule has 3 nitrogen and oxygen atoms in total. The fraction of sp³-hybridized carbons (Fsp3) is 0.700. The molecule has 0 saturated carbocycles. The minimum atomic E-state index is 0.373. The van der Waals surface area contributed by atoms with E-state index in [2.05, 4.69) is 45.4 Å². The van der Waals surface area contributed by atoms with Crippen LogP contribution in [-0.4, -0.2) is 22.5 Å². The third-order valence-corrected chi connectivity index (χ3v) is 3.13. The molecular formula is C10H15IN2O. The Hall–Kier alpha value is -0.100. The van der Waals surface area contributed by atoms with Gasteiger partial charge in [0, 0.05) is 12.3 Å². The maximum absolute atomic E-state index is 5.68. The van der Waals surface area contributed by atoms with Crippen molar-refractivity contribution in [3.8, 4) is 0 Å². The molecule has 1 aromatic rings. The van der Waals surface area contributed by atoms with Crippen molar-refractivity contribution in [2.45, 2.75) is 38.8 Å². The van der Waals surface area contributed by atoms with E-state index in [1.54, 1.807) is 0 Å². The first-order chi connectivity index (χ1) is 6.75. The molecule has 0 bridgehead atoms. The number of nitrogens with zero attached hydrogens (tertiary/aromatic N) is 2. The molecule has 0 N–H and O–H groups in total. The topological polar surface area (TPSA) is 27.1 Å². The number of rotatable bonds is 2. The highest BCUT2D eigenvalue weighted by molar-refractivity contribution is 14.1. The van der Waals surface area contributed by atoms with Crippen molar-refractivity contribution in [2.75, 3.05) is 6.61 Å². The first-order valence-corrected chi connectivity index (χ1v) is 6.15. The maximum atomic E-state index is 5.68. The molecule has 1 unspecified atom stereocenters. The second kappa shape index (κ2) is 4.61. The number of aromatic nitrogens is 2. The van der Waals surface area contributed by atoms with Crippen molar-refractivity contribution in [1.82, 2.24) is 9.78 Å². The molecule has 4 heteroatoms. The predicted octanol–water partition coefficient (Wildman–Crippen LogP) is 2.37. The number of ether oxygens (including phenoxy) is 1. The second-order valence-electron chi connectivity index (χ2n) is 3.78. The van der Waals surface area contributed by atoms with Gasteiger partial charge in [0.2, 0.25) is 0 Å². The Morgan fingerprint density at radius 2 is 2.50 bits per heavy atom. The van der Waals surface area contributed by atoms with Gasteiger partial charge >= 0.3 is 0 Å². The van der Waals surface area contributed by atoms with Gasteiger partial charge in [-0.1, -0.05) is 0 Å². The normalized spacial score (nSPS) is 22.6. The van der Waals surface area contributed by atoms with E-state index in [9.17, 15) is 0 Å². The molecule has 2 heterocycles. The van der Waals surface area contributed by atoms with E-state index in [4.69, 9.17) is 4.74 Å².